The number of rotatable bonds is 3. The van der Waals surface area contributed by atoms with Gasteiger partial charge in [0.05, 0.1) is 30.7 Å². The smallest absolute Gasteiger partial charge is 0.218 e. The molecule has 6 heteroatoms. The van der Waals surface area contributed by atoms with Gasteiger partial charge in [0.15, 0.2) is 5.58 Å². The molecule has 1 fully saturated rings. The Kier molecular flexibility index (Phi) is 3.11. The Balaban J connectivity index is 1.64. The van der Waals surface area contributed by atoms with Gasteiger partial charge in [-0.3, -0.25) is 4.99 Å². The van der Waals surface area contributed by atoms with Crippen molar-refractivity contribution in [2.45, 2.75) is 31.2 Å². The highest BCUT2D eigenvalue weighted by Crippen LogP contribution is 2.26. The van der Waals surface area contributed by atoms with E-state index in [1.165, 1.54) is 0 Å². The molecule has 0 bridgehead atoms. The largest absolute Gasteiger partial charge is 0.440 e. The molecule has 110 valence electrons. The minimum atomic E-state index is -0.156. The summed E-state index contributed by atoms with van der Waals surface area (Å²) in [5.41, 5.74) is 2.34. The highest BCUT2D eigenvalue weighted by molar-refractivity contribution is 6.03. The molecule has 2 aromatic rings. The monoisotopic (exact) mass is 293 g/mol. The van der Waals surface area contributed by atoms with Crippen LogP contribution in [0.15, 0.2) is 38.7 Å². The molecule has 1 N–H and O–H groups in total. The number of hydrogen-bond acceptors (Lipinski definition) is 6. The fourth-order valence-electron chi connectivity index (χ4n) is 2.52. The fraction of sp³-hybridized carbons (Fsp3) is 0.375. The van der Waals surface area contributed by atoms with E-state index in [9.17, 15) is 0 Å². The zero-order valence-corrected chi connectivity index (χ0v) is 12.0. The van der Waals surface area contributed by atoms with Crippen LogP contribution >= 0.6 is 0 Å². The van der Waals surface area contributed by atoms with Crippen molar-refractivity contribution in [3.63, 3.8) is 0 Å². The molecule has 1 aliphatic heterocycles. The molecule has 6 nitrogen and oxygen atoms in total. The van der Waals surface area contributed by atoms with E-state index in [-0.39, 0.29) is 12.3 Å². The SMILES string of the molecule is N#CCC1=NC(NC2CC2)=NCC1c1nc2ccccc2o1. The normalized spacial score (nSPS) is 21.1. The van der Waals surface area contributed by atoms with Gasteiger partial charge < -0.3 is 9.73 Å². The average Bonchev–Trinajstić information content (AvgIpc) is 3.23. The number of aromatic nitrogens is 1. The second kappa shape index (κ2) is 5.26. The first-order valence-electron chi connectivity index (χ1n) is 7.44. The van der Waals surface area contributed by atoms with E-state index >= 15 is 0 Å². The number of hydrogen-bond donors (Lipinski definition) is 1. The lowest BCUT2D eigenvalue weighted by atomic mass is 10.00. The topological polar surface area (TPSA) is 86.6 Å². The van der Waals surface area contributed by atoms with Gasteiger partial charge in [0.1, 0.15) is 5.52 Å². The quantitative estimate of drug-likeness (QED) is 0.941. The van der Waals surface area contributed by atoms with E-state index in [1.807, 2.05) is 24.3 Å². The highest BCUT2D eigenvalue weighted by atomic mass is 16.3. The van der Waals surface area contributed by atoms with Crippen LogP contribution < -0.4 is 5.32 Å². The lowest BCUT2D eigenvalue weighted by molar-refractivity contribution is 0.514. The van der Waals surface area contributed by atoms with Crippen molar-refractivity contribution in [3.8, 4) is 6.07 Å². The average molecular weight is 293 g/mol. The lowest BCUT2D eigenvalue weighted by Crippen LogP contribution is -2.31. The Bertz CT molecular complexity index is 776. The first-order valence-corrected chi connectivity index (χ1v) is 7.44. The van der Waals surface area contributed by atoms with Crippen LogP contribution in [0.25, 0.3) is 11.1 Å². The summed E-state index contributed by atoms with van der Waals surface area (Å²) in [6, 6.07) is 10.3. The first kappa shape index (κ1) is 13.0. The van der Waals surface area contributed by atoms with Crippen LogP contribution in [-0.2, 0) is 0 Å². The van der Waals surface area contributed by atoms with Gasteiger partial charge >= 0.3 is 0 Å². The summed E-state index contributed by atoms with van der Waals surface area (Å²) in [7, 11) is 0. The fourth-order valence-corrected chi connectivity index (χ4v) is 2.52. The van der Waals surface area contributed by atoms with E-state index in [0.29, 0.717) is 24.4 Å². The van der Waals surface area contributed by atoms with E-state index in [2.05, 4.69) is 26.4 Å². The highest BCUT2D eigenvalue weighted by Gasteiger charge is 2.29. The standard InChI is InChI=1S/C16H15N5O/c17-8-7-12-11(9-18-16(21-12)19-10-5-6-10)15-20-13-3-1-2-4-14(13)22-15/h1-4,10-11H,5-7,9H2,(H,18,19). The molecule has 1 unspecified atom stereocenters. The zero-order chi connectivity index (χ0) is 14.9. The molecule has 2 heterocycles. The Morgan fingerprint density at radius 3 is 2.95 bits per heavy atom. The number of nitrogens with one attached hydrogen (secondary N) is 1. The van der Waals surface area contributed by atoms with Crippen LogP contribution in [0, 0.1) is 11.3 Å². The summed E-state index contributed by atoms with van der Waals surface area (Å²) < 4.78 is 5.82. The Morgan fingerprint density at radius 1 is 1.32 bits per heavy atom. The maximum atomic E-state index is 9.06. The molecule has 0 amide bonds. The van der Waals surface area contributed by atoms with Crippen molar-refractivity contribution in [1.29, 1.82) is 5.26 Å². The molecular formula is C16H15N5O. The van der Waals surface area contributed by atoms with Gasteiger partial charge in [0.2, 0.25) is 11.9 Å². The third-order valence-corrected chi connectivity index (χ3v) is 3.85. The molecule has 1 saturated carbocycles. The van der Waals surface area contributed by atoms with Gasteiger partial charge in [-0.15, -0.1) is 0 Å². The van der Waals surface area contributed by atoms with E-state index < -0.39 is 0 Å². The molecule has 1 aliphatic carbocycles. The van der Waals surface area contributed by atoms with Gasteiger partial charge in [-0.25, -0.2) is 9.98 Å². The molecule has 22 heavy (non-hydrogen) atoms. The van der Waals surface area contributed by atoms with Crippen LogP contribution in [0.1, 0.15) is 31.1 Å². The molecule has 1 atom stereocenters. The summed E-state index contributed by atoms with van der Waals surface area (Å²) in [4.78, 5) is 13.5. The number of benzene rings is 1. The number of guanidine groups is 1. The van der Waals surface area contributed by atoms with Crippen molar-refractivity contribution in [2.24, 2.45) is 9.98 Å². The van der Waals surface area contributed by atoms with Crippen molar-refractivity contribution in [2.75, 3.05) is 6.54 Å². The summed E-state index contributed by atoms with van der Waals surface area (Å²) >= 11 is 0. The molecule has 0 spiro atoms. The van der Waals surface area contributed by atoms with Crippen LogP contribution in [0.2, 0.25) is 0 Å². The van der Waals surface area contributed by atoms with Gasteiger partial charge in [-0.05, 0) is 25.0 Å². The second-order valence-corrected chi connectivity index (χ2v) is 5.59. The minimum Gasteiger partial charge on any atom is -0.440 e. The zero-order valence-electron chi connectivity index (χ0n) is 12.0. The van der Waals surface area contributed by atoms with Gasteiger partial charge in [0, 0.05) is 6.04 Å². The molecule has 4 rings (SSSR count). The summed E-state index contributed by atoms with van der Waals surface area (Å²) in [5.74, 6) is 1.07. The number of aliphatic imine (C=N–C) groups is 2. The summed E-state index contributed by atoms with van der Waals surface area (Å²) in [6.45, 7) is 0.516. The second-order valence-electron chi connectivity index (χ2n) is 5.59. The summed E-state index contributed by atoms with van der Waals surface area (Å²) in [6.07, 6.45) is 2.59. The predicted octanol–water partition coefficient (Wildman–Crippen LogP) is 2.39. The third kappa shape index (κ3) is 2.46. The third-order valence-electron chi connectivity index (χ3n) is 3.85. The van der Waals surface area contributed by atoms with E-state index in [1.54, 1.807) is 0 Å². The van der Waals surface area contributed by atoms with Crippen molar-refractivity contribution in [1.82, 2.24) is 10.3 Å². The Labute approximate surface area is 127 Å². The number of oxazole rings is 1. The van der Waals surface area contributed by atoms with E-state index in [4.69, 9.17) is 9.68 Å². The van der Waals surface area contributed by atoms with Crippen molar-refractivity contribution in [3.05, 3.63) is 30.2 Å². The minimum absolute atomic E-state index is 0.156. The summed E-state index contributed by atoms with van der Waals surface area (Å²) in [5, 5.41) is 12.3. The number of nitrogens with zero attached hydrogens (tertiary/aromatic N) is 4. The molecule has 1 aromatic heterocycles. The van der Waals surface area contributed by atoms with Gasteiger partial charge in [-0.2, -0.15) is 5.26 Å². The van der Waals surface area contributed by atoms with Crippen LogP contribution in [-0.4, -0.2) is 29.2 Å². The van der Waals surface area contributed by atoms with Crippen LogP contribution in [0.4, 0.5) is 0 Å². The number of fused-ring (bicyclic) bond motifs is 1. The Morgan fingerprint density at radius 2 is 2.18 bits per heavy atom. The maximum Gasteiger partial charge on any atom is 0.218 e. The van der Waals surface area contributed by atoms with Crippen LogP contribution in [0.5, 0.6) is 0 Å². The van der Waals surface area contributed by atoms with Crippen molar-refractivity contribution < 1.29 is 4.42 Å². The number of para-hydroxylation sites is 2. The van der Waals surface area contributed by atoms with Crippen LogP contribution in [0.3, 0.4) is 0 Å². The molecule has 1 aromatic carbocycles. The maximum absolute atomic E-state index is 9.06. The lowest BCUT2D eigenvalue weighted by Gasteiger charge is -2.18. The van der Waals surface area contributed by atoms with Gasteiger partial charge in [-0.1, -0.05) is 12.1 Å². The van der Waals surface area contributed by atoms with Crippen molar-refractivity contribution >= 4 is 22.8 Å². The molecular weight excluding hydrogens is 278 g/mol. The molecule has 0 saturated heterocycles. The van der Waals surface area contributed by atoms with E-state index in [0.717, 1.165) is 29.7 Å². The Hall–Kier alpha value is -2.68. The van der Waals surface area contributed by atoms with Gasteiger partial charge in [0.25, 0.3) is 0 Å². The number of nitriles is 1. The molecule has 2 aliphatic rings. The predicted molar refractivity (Wildman–Crippen MR) is 82.9 cm³/mol. The first-order chi connectivity index (χ1) is 10.8. The molecule has 0 radical (unpaired) electrons.